The maximum absolute atomic E-state index is 14.7. The van der Waals surface area contributed by atoms with Crippen molar-refractivity contribution >= 4 is 34.5 Å². The zero-order valence-electron chi connectivity index (χ0n) is 17.5. The Morgan fingerprint density at radius 1 is 1.03 bits per heavy atom. The van der Waals surface area contributed by atoms with Crippen LogP contribution in [0.4, 0.5) is 15.8 Å². The van der Waals surface area contributed by atoms with Crippen LogP contribution >= 0.6 is 11.6 Å². The molecule has 0 aromatic heterocycles. The Morgan fingerprint density at radius 3 is 2.56 bits per heavy atom. The molecule has 3 aromatic carbocycles. The van der Waals surface area contributed by atoms with Crippen LogP contribution in [0.1, 0.15) is 35.9 Å². The van der Waals surface area contributed by atoms with E-state index < -0.39 is 5.92 Å². The van der Waals surface area contributed by atoms with E-state index in [-0.39, 0.29) is 30.0 Å². The summed E-state index contributed by atoms with van der Waals surface area (Å²) < 4.78 is 20.0. The molecule has 162 valence electrons. The fourth-order valence-electron chi connectivity index (χ4n) is 4.79. The highest BCUT2D eigenvalue weighted by Gasteiger charge is 2.42. The first kappa shape index (κ1) is 20.7. The van der Waals surface area contributed by atoms with Crippen molar-refractivity contribution in [3.8, 4) is 5.75 Å². The van der Waals surface area contributed by atoms with E-state index in [1.54, 1.807) is 19.2 Å². The predicted octanol–water partition coefficient (Wildman–Crippen LogP) is 6.49. The molecule has 3 unspecified atom stereocenters. The van der Waals surface area contributed by atoms with Gasteiger partial charge in [-0.1, -0.05) is 41.9 Å². The molecular formula is C26H22ClFN2O2. The molecule has 4 nitrogen and oxygen atoms in total. The molecule has 1 aliphatic carbocycles. The van der Waals surface area contributed by atoms with Gasteiger partial charge in [-0.05, 0) is 48.4 Å². The summed E-state index contributed by atoms with van der Waals surface area (Å²) in [5, 5.41) is 3.89. The SMILES string of the molecule is COc1ccc(C2Nc3ccccc3N=C3CC(c4c(F)cccc4Cl)CC(=O)C32)cc1. The number of Topliss-reactive ketones (excluding diaryl/α,β-unsaturated/α-hetero) is 1. The quantitative estimate of drug-likeness (QED) is 0.498. The lowest BCUT2D eigenvalue weighted by Gasteiger charge is -2.34. The number of benzene rings is 3. The zero-order valence-corrected chi connectivity index (χ0v) is 18.3. The van der Waals surface area contributed by atoms with Gasteiger partial charge >= 0.3 is 0 Å². The second-order valence-corrected chi connectivity index (χ2v) is 8.61. The van der Waals surface area contributed by atoms with Gasteiger partial charge in [0.1, 0.15) is 17.3 Å². The molecule has 0 bridgehead atoms. The minimum Gasteiger partial charge on any atom is -0.497 e. The van der Waals surface area contributed by atoms with Crippen LogP contribution in [0.25, 0.3) is 0 Å². The summed E-state index contributed by atoms with van der Waals surface area (Å²) in [6, 6.07) is 19.8. The number of carbonyl (C=O) groups is 1. The van der Waals surface area contributed by atoms with Crippen LogP contribution in [-0.2, 0) is 4.79 Å². The first-order valence-corrected chi connectivity index (χ1v) is 11.0. The molecule has 1 N–H and O–H groups in total. The molecule has 5 rings (SSSR count). The van der Waals surface area contributed by atoms with Gasteiger partial charge in [0.2, 0.25) is 0 Å². The number of nitrogens with zero attached hydrogens (tertiary/aromatic N) is 1. The molecule has 0 radical (unpaired) electrons. The van der Waals surface area contributed by atoms with E-state index in [1.165, 1.54) is 6.07 Å². The van der Waals surface area contributed by atoms with E-state index in [4.69, 9.17) is 21.3 Å². The number of methoxy groups -OCH3 is 1. The number of anilines is 1. The van der Waals surface area contributed by atoms with Gasteiger partial charge in [0.15, 0.2) is 0 Å². The summed E-state index contributed by atoms with van der Waals surface area (Å²) >= 11 is 6.34. The van der Waals surface area contributed by atoms with E-state index in [9.17, 15) is 9.18 Å². The van der Waals surface area contributed by atoms with E-state index in [0.717, 1.165) is 28.4 Å². The number of para-hydroxylation sites is 2. The number of carbonyl (C=O) groups excluding carboxylic acids is 1. The Labute approximate surface area is 191 Å². The molecule has 2 aliphatic rings. The molecule has 3 atom stereocenters. The Kier molecular flexibility index (Phi) is 5.43. The van der Waals surface area contributed by atoms with Crippen molar-refractivity contribution in [1.29, 1.82) is 0 Å². The normalized spacial score (nSPS) is 22.2. The number of nitrogens with one attached hydrogen (secondary N) is 1. The van der Waals surface area contributed by atoms with Gasteiger partial charge in [0.25, 0.3) is 0 Å². The summed E-state index contributed by atoms with van der Waals surface area (Å²) in [5.41, 5.74) is 3.76. The maximum atomic E-state index is 14.7. The molecule has 1 fully saturated rings. The molecule has 0 amide bonds. The minimum absolute atomic E-state index is 0.0282. The largest absolute Gasteiger partial charge is 0.497 e. The van der Waals surface area contributed by atoms with Gasteiger partial charge in [-0.3, -0.25) is 9.79 Å². The predicted molar refractivity (Wildman–Crippen MR) is 125 cm³/mol. The van der Waals surface area contributed by atoms with E-state index in [2.05, 4.69) is 5.32 Å². The third-order valence-electron chi connectivity index (χ3n) is 6.30. The lowest BCUT2D eigenvalue weighted by molar-refractivity contribution is -0.122. The molecule has 1 heterocycles. The standard InChI is InChI=1S/C26H22ClFN2O2/c1-32-17-11-9-15(10-12-17)26-25-22(29-20-7-2-3-8-21(20)30-26)13-16(14-23(25)31)24-18(27)5-4-6-19(24)28/h2-12,16,25-26,30H,13-14H2,1H3. The van der Waals surface area contributed by atoms with Gasteiger partial charge in [-0.15, -0.1) is 0 Å². The van der Waals surface area contributed by atoms with Gasteiger partial charge in [0.05, 0.1) is 30.4 Å². The Balaban J connectivity index is 1.59. The molecular weight excluding hydrogens is 427 g/mol. The van der Waals surface area contributed by atoms with Crippen LogP contribution < -0.4 is 10.1 Å². The van der Waals surface area contributed by atoms with Crippen LogP contribution in [0.5, 0.6) is 5.75 Å². The smallest absolute Gasteiger partial charge is 0.144 e. The van der Waals surface area contributed by atoms with E-state index in [1.807, 2.05) is 48.5 Å². The third-order valence-corrected chi connectivity index (χ3v) is 6.63. The first-order chi connectivity index (χ1) is 15.5. The summed E-state index contributed by atoms with van der Waals surface area (Å²) in [6.45, 7) is 0. The van der Waals surface area contributed by atoms with Crippen molar-refractivity contribution in [3.05, 3.63) is 88.7 Å². The second-order valence-electron chi connectivity index (χ2n) is 8.20. The van der Waals surface area contributed by atoms with Crippen LogP contribution in [-0.4, -0.2) is 18.6 Å². The van der Waals surface area contributed by atoms with Crippen molar-refractivity contribution in [2.24, 2.45) is 10.9 Å². The number of aliphatic imine (C=N–C) groups is 1. The number of ether oxygens (including phenoxy) is 1. The number of hydrogen-bond donors (Lipinski definition) is 1. The Morgan fingerprint density at radius 2 is 1.81 bits per heavy atom. The number of fused-ring (bicyclic) bond motifs is 2. The number of hydrogen-bond acceptors (Lipinski definition) is 4. The topological polar surface area (TPSA) is 50.7 Å². The summed E-state index contributed by atoms with van der Waals surface area (Å²) in [4.78, 5) is 18.4. The third kappa shape index (κ3) is 3.67. The van der Waals surface area contributed by atoms with Crippen molar-refractivity contribution in [2.75, 3.05) is 12.4 Å². The van der Waals surface area contributed by atoms with Crippen molar-refractivity contribution < 1.29 is 13.9 Å². The fourth-order valence-corrected chi connectivity index (χ4v) is 5.11. The molecule has 3 aromatic rings. The molecule has 0 spiro atoms. The average molecular weight is 449 g/mol. The molecule has 32 heavy (non-hydrogen) atoms. The lowest BCUT2D eigenvalue weighted by Crippen LogP contribution is -2.39. The summed E-state index contributed by atoms with van der Waals surface area (Å²) in [6.07, 6.45) is 0.689. The molecule has 6 heteroatoms. The van der Waals surface area contributed by atoms with E-state index in [0.29, 0.717) is 17.0 Å². The van der Waals surface area contributed by atoms with Crippen molar-refractivity contribution in [2.45, 2.75) is 24.8 Å². The molecule has 0 saturated heterocycles. The monoisotopic (exact) mass is 448 g/mol. The van der Waals surface area contributed by atoms with Gasteiger partial charge in [-0.2, -0.15) is 0 Å². The fraction of sp³-hybridized carbons (Fsp3) is 0.231. The van der Waals surface area contributed by atoms with Gasteiger partial charge < -0.3 is 10.1 Å². The number of rotatable bonds is 3. The minimum atomic E-state index is -0.447. The summed E-state index contributed by atoms with van der Waals surface area (Å²) in [7, 11) is 1.62. The van der Waals surface area contributed by atoms with Crippen molar-refractivity contribution in [1.82, 2.24) is 0 Å². The van der Waals surface area contributed by atoms with Gasteiger partial charge in [0, 0.05) is 28.6 Å². The van der Waals surface area contributed by atoms with Crippen LogP contribution in [0, 0.1) is 11.7 Å². The number of halogens is 2. The first-order valence-electron chi connectivity index (χ1n) is 10.6. The highest BCUT2D eigenvalue weighted by atomic mass is 35.5. The summed E-state index contributed by atoms with van der Waals surface area (Å²) in [5.74, 6) is -0.389. The molecule has 1 aliphatic heterocycles. The zero-order chi connectivity index (χ0) is 22.2. The van der Waals surface area contributed by atoms with E-state index >= 15 is 0 Å². The van der Waals surface area contributed by atoms with Crippen molar-refractivity contribution in [3.63, 3.8) is 0 Å². The van der Waals surface area contributed by atoms with Crippen LogP contribution in [0.15, 0.2) is 71.7 Å². The highest BCUT2D eigenvalue weighted by molar-refractivity contribution is 6.31. The molecule has 1 saturated carbocycles. The van der Waals surface area contributed by atoms with Crippen LogP contribution in [0.3, 0.4) is 0 Å². The average Bonchev–Trinajstić information content (AvgIpc) is 2.96. The number of ketones is 1. The lowest BCUT2D eigenvalue weighted by atomic mass is 9.72. The maximum Gasteiger partial charge on any atom is 0.144 e. The Hall–Kier alpha value is -3.18. The van der Waals surface area contributed by atoms with Gasteiger partial charge in [-0.25, -0.2) is 4.39 Å². The van der Waals surface area contributed by atoms with Crippen LogP contribution in [0.2, 0.25) is 5.02 Å². The Bertz CT molecular complexity index is 1190. The highest BCUT2D eigenvalue weighted by Crippen LogP contribution is 2.45. The second kappa shape index (κ2) is 8.40.